The van der Waals surface area contributed by atoms with Crippen molar-refractivity contribution in [1.29, 1.82) is 0 Å². The van der Waals surface area contributed by atoms with Gasteiger partial charge in [0.2, 0.25) is 0 Å². The Hall–Kier alpha value is -2.11. The molecule has 108 valence electrons. The minimum Gasteiger partial charge on any atom is -0.393 e. The fraction of sp³-hybridized carbons (Fsp3) is 0.500. The van der Waals surface area contributed by atoms with Crippen LogP contribution in [0.1, 0.15) is 42.5 Å². The van der Waals surface area contributed by atoms with Crippen LogP contribution in [0, 0.1) is 10.1 Å². The molecule has 1 fully saturated rings. The van der Waals surface area contributed by atoms with E-state index in [4.69, 9.17) is 5.73 Å². The molecule has 0 aliphatic carbocycles. The van der Waals surface area contributed by atoms with Gasteiger partial charge in [0.1, 0.15) is 5.69 Å². The Balaban J connectivity index is 2.15. The number of nitrogens with zero attached hydrogens (tertiary/aromatic N) is 2. The van der Waals surface area contributed by atoms with Crippen molar-refractivity contribution in [2.45, 2.75) is 32.1 Å². The predicted molar refractivity (Wildman–Crippen MR) is 76.5 cm³/mol. The third kappa shape index (κ3) is 3.26. The van der Waals surface area contributed by atoms with Gasteiger partial charge in [-0.25, -0.2) is 0 Å². The molecule has 6 heteroatoms. The van der Waals surface area contributed by atoms with Gasteiger partial charge in [-0.05, 0) is 25.0 Å². The molecule has 1 aliphatic heterocycles. The van der Waals surface area contributed by atoms with Crippen LogP contribution in [0.25, 0.3) is 0 Å². The largest absolute Gasteiger partial charge is 0.393 e. The molecule has 2 N–H and O–H groups in total. The molecule has 0 unspecified atom stereocenters. The lowest BCUT2D eigenvalue weighted by atomic mass is 10.1. The first-order valence-corrected chi connectivity index (χ1v) is 6.93. The van der Waals surface area contributed by atoms with Crippen molar-refractivity contribution in [3.63, 3.8) is 0 Å². The normalized spacial score (nSPS) is 16.3. The van der Waals surface area contributed by atoms with Gasteiger partial charge in [-0.15, -0.1) is 0 Å². The predicted octanol–water partition coefficient (Wildman–Crippen LogP) is 2.58. The lowest BCUT2D eigenvalue weighted by molar-refractivity contribution is -0.383. The van der Waals surface area contributed by atoms with Crippen molar-refractivity contribution in [3.05, 3.63) is 33.9 Å². The summed E-state index contributed by atoms with van der Waals surface area (Å²) in [5, 5.41) is 10.7. The summed E-state index contributed by atoms with van der Waals surface area (Å²) in [6.45, 7) is 1.49. The number of carbonyl (C=O) groups excluding carboxylic acids is 1. The van der Waals surface area contributed by atoms with Gasteiger partial charge in [-0.1, -0.05) is 19.3 Å². The van der Waals surface area contributed by atoms with Crippen LogP contribution in [-0.2, 0) is 0 Å². The van der Waals surface area contributed by atoms with Crippen LogP contribution in [0.15, 0.2) is 18.2 Å². The van der Waals surface area contributed by atoms with Crippen molar-refractivity contribution in [3.8, 4) is 0 Å². The van der Waals surface area contributed by atoms with E-state index in [2.05, 4.69) is 0 Å². The van der Waals surface area contributed by atoms with Gasteiger partial charge in [0.15, 0.2) is 0 Å². The van der Waals surface area contributed by atoms with Crippen molar-refractivity contribution in [2.24, 2.45) is 0 Å². The average Bonchev–Trinajstić information content (AvgIpc) is 2.37. The number of carbonyl (C=O) groups is 1. The van der Waals surface area contributed by atoms with Gasteiger partial charge in [0, 0.05) is 24.7 Å². The van der Waals surface area contributed by atoms with Crippen LogP contribution in [-0.4, -0.2) is 28.8 Å². The smallest absolute Gasteiger partial charge is 0.292 e. The molecule has 1 saturated heterocycles. The van der Waals surface area contributed by atoms with Crippen molar-refractivity contribution in [1.82, 2.24) is 4.90 Å². The van der Waals surface area contributed by atoms with Crippen LogP contribution in [0.4, 0.5) is 11.4 Å². The molecule has 2 rings (SSSR count). The summed E-state index contributed by atoms with van der Waals surface area (Å²) in [6.07, 6.45) is 5.53. The molecule has 1 aromatic carbocycles. The summed E-state index contributed by atoms with van der Waals surface area (Å²) < 4.78 is 0. The lowest BCUT2D eigenvalue weighted by Gasteiger charge is -2.24. The monoisotopic (exact) mass is 277 g/mol. The Kier molecular flexibility index (Phi) is 4.55. The Bertz CT molecular complexity index is 508. The molecule has 0 aromatic heterocycles. The summed E-state index contributed by atoms with van der Waals surface area (Å²) in [7, 11) is 0. The van der Waals surface area contributed by atoms with Gasteiger partial charge in [-0.3, -0.25) is 14.9 Å². The molecule has 20 heavy (non-hydrogen) atoms. The molecule has 0 bridgehead atoms. The molecule has 0 atom stereocenters. The highest BCUT2D eigenvalue weighted by atomic mass is 16.6. The number of hydrogen-bond donors (Lipinski definition) is 1. The molecule has 1 aliphatic rings. The highest BCUT2D eigenvalue weighted by molar-refractivity contribution is 5.95. The molecule has 0 spiro atoms. The number of nitro groups is 1. The summed E-state index contributed by atoms with van der Waals surface area (Å²) in [4.78, 5) is 24.4. The number of benzene rings is 1. The van der Waals surface area contributed by atoms with Crippen LogP contribution < -0.4 is 5.73 Å². The Morgan fingerprint density at radius 3 is 2.30 bits per heavy atom. The third-order valence-electron chi connectivity index (χ3n) is 3.61. The fourth-order valence-electron chi connectivity index (χ4n) is 2.49. The zero-order valence-corrected chi connectivity index (χ0v) is 11.4. The van der Waals surface area contributed by atoms with Crippen LogP contribution in [0.5, 0.6) is 0 Å². The number of likely N-dealkylation sites (tertiary alicyclic amines) is 1. The van der Waals surface area contributed by atoms with Crippen LogP contribution >= 0.6 is 0 Å². The van der Waals surface area contributed by atoms with Crippen molar-refractivity contribution >= 4 is 17.3 Å². The summed E-state index contributed by atoms with van der Waals surface area (Å²) in [5.41, 5.74) is 5.93. The number of nitrogen functional groups attached to an aromatic ring is 1. The van der Waals surface area contributed by atoms with Gasteiger partial charge >= 0.3 is 0 Å². The Labute approximate surface area is 117 Å². The standard InChI is InChI=1S/C14H19N3O3/c15-12-10-11(6-7-13(12)17(19)20)14(18)16-8-4-2-1-3-5-9-16/h6-7,10H,1-5,8-9,15H2. The molecular formula is C14H19N3O3. The topological polar surface area (TPSA) is 89.5 Å². The van der Waals surface area contributed by atoms with E-state index in [1.807, 2.05) is 4.90 Å². The highest BCUT2D eigenvalue weighted by Crippen LogP contribution is 2.23. The third-order valence-corrected chi connectivity index (χ3v) is 3.61. The summed E-state index contributed by atoms with van der Waals surface area (Å²) >= 11 is 0. The molecule has 1 heterocycles. The zero-order chi connectivity index (χ0) is 14.5. The van der Waals surface area contributed by atoms with E-state index in [1.165, 1.54) is 24.6 Å². The SMILES string of the molecule is Nc1cc(C(=O)N2CCCCCCC2)ccc1[N+](=O)[O-]. The zero-order valence-electron chi connectivity index (χ0n) is 11.4. The van der Waals surface area contributed by atoms with E-state index in [1.54, 1.807) is 0 Å². The average molecular weight is 277 g/mol. The number of rotatable bonds is 2. The number of hydrogen-bond acceptors (Lipinski definition) is 4. The van der Waals surface area contributed by atoms with Crippen molar-refractivity contribution < 1.29 is 9.72 Å². The first kappa shape index (κ1) is 14.3. The summed E-state index contributed by atoms with van der Waals surface area (Å²) in [5.74, 6) is -0.0894. The maximum Gasteiger partial charge on any atom is 0.292 e. The first-order chi connectivity index (χ1) is 9.59. The van der Waals surface area contributed by atoms with Crippen molar-refractivity contribution in [2.75, 3.05) is 18.8 Å². The Morgan fingerprint density at radius 2 is 1.75 bits per heavy atom. The number of anilines is 1. The van der Waals surface area contributed by atoms with E-state index in [0.29, 0.717) is 5.56 Å². The minimum atomic E-state index is -0.542. The molecule has 0 radical (unpaired) electrons. The molecule has 6 nitrogen and oxygen atoms in total. The molecule has 1 aromatic rings. The van der Waals surface area contributed by atoms with Gasteiger partial charge in [0.05, 0.1) is 4.92 Å². The molecule has 1 amide bonds. The van der Waals surface area contributed by atoms with Crippen LogP contribution in [0.3, 0.4) is 0 Å². The lowest BCUT2D eigenvalue weighted by Crippen LogP contribution is -2.33. The van der Waals surface area contributed by atoms with Crippen LogP contribution in [0.2, 0.25) is 0 Å². The van der Waals surface area contributed by atoms with Gasteiger partial charge < -0.3 is 10.6 Å². The first-order valence-electron chi connectivity index (χ1n) is 6.93. The maximum atomic E-state index is 12.4. The van der Waals surface area contributed by atoms with E-state index >= 15 is 0 Å². The quantitative estimate of drug-likeness (QED) is 0.511. The second-order valence-electron chi connectivity index (χ2n) is 5.09. The van der Waals surface area contributed by atoms with Gasteiger partial charge in [-0.2, -0.15) is 0 Å². The maximum absolute atomic E-state index is 12.4. The molecule has 0 saturated carbocycles. The Morgan fingerprint density at radius 1 is 1.15 bits per heavy atom. The number of nitrogens with two attached hydrogens (primary N) is 1. The highest BCUT2D eigenvalue weighted by Gasteiger charge is 2.19. The minimum absolute atomic E-state index is 0.0351. The van der Waals surface area contributed by atoms with E-state index in [0.717, 1.165) is 38.8 Å². The second kappa shape index (κ2) is 6.36. The van der Waals surface area contributed by atoms with E-state index in [9.17, 15) is 14.9 Å². The van der Waals surface area contributed by atoms with E-state index < -0.39 is 4.92 Å². The summed E-state index contributed by atoms with van der Waals surface area (Å²) in [6, 6.07) is 4.18. The fourth-order valence-corrected chi connectivity index (χ4v) is 2.49. The number of nitro benzene ring substituents is 1. The van der Waals surface area contributed by atoms with Gasteiger partial charge in [0.25, 0.3) is 11.6 Å². The number of amides is 1. The second-order valence-corrected chi connectivity index (χ2v) is 5.09. The van der Waals surface area contributed by atoms with E-state index in [-0.39, 0.29) is 17.3 Å². The molecular weight excluding hydrogens is 258 g/mol.